The molecule has 2 N–H and O–H groups in total. The number of aryl methyl sites for hydroxylation is 1. The van der Waals surface area contributed by atoms with Gasteiger partial charge in [-0.2, -0.15) is 11.8 Å². The smallest absolute Gasteiger partial charge is 0.315 e. The zero-order valence-corrected chi connectivity index (χ0v) is 16.3. The van der Waals surface area contributed by atoms with Gasteiger partial charge in [-0.3, -0.25) is 0 Å². The molecule has 6 heteroatoms. The molecule has 0 aliphatic carbocycles. The Hall–Kier alpha value is -2.34. The van der Waals surface area contributed by atoms with Crippen molar-refractivity contribution in [3.8, 4) is 11.5 Å². The summed E-state index contributed by atoms with van der Waals surface area (Å²) >= 11 is 1.80. The Bertz CT molecular complexity index is 705. The first kappa shape index (κ1) is 20.0. The van der Waals surface area contributed by atoms with Crippen LogP contribution in [-0.2, 0) is 12.3 Å². The molecule has 0 aromatic heterocycles. The Morgan fingerprint density at radius 2 is 1.81 bits per heavy atom. The van der Waals surface area contributed by atoms with Crippen LogP contribution in [0.1, 0.15) is 16.7 Å². The third kappa shape index (κ3) is 6.19. The normalized spacial score (nSPS) is 10.3. The number of thioether (sulfide) groups is 1. The molecule has 0 aliphatic heterocycles. The first-order chi connectivity index (χ1) is 12.6. The zero-order chi connectivity index (χ0) is 18.8. The molecule has 2 aromatic rings. The van der Waals surface area contributed by atoms with E-state index in [1.807, 2.05) is 18.2 Å². The number of methoxy groups -OCH3 is 2. The lowest BCUT2D eigenvalue weighted by Crippen LogP contribution is -2.36. The molecule has 0 saturated heterocycles. The average molecular weight is 375 g/mol. The average Bonchev–Trinajstić information content (AvgIpc) is 2.67. The largest absolute Gasteiger partial charge is 0.493 e. The molecule has 26 heavy (non-hydrogen) atoms. The van der Waals surface area contributed by atoms with Gasteiger partial charge in [0.15, 0.2) is 11.5 Å². The lowest BCUT2D eigenvalue weighted by Gasteiger charge is -2.13. The van der Waals surface area contributed by atoms with E-state index in [4.69, 9.17) is 9.47 Å². The molecule has 0 unspecified atom stereocenters. The minimum atomic E-state index is -0.189. The third-order valence-electron chi connectivity index (χ3n) is 3.85. The van der Waals surface area contributed by atoms with Crippen LogP contribution in [0.4, 0.5) is 4.79 Å². The van der Waals surface area contributed by atoms with E-state index in [0.29, 0.717) is 24.6 Å². The van der Waals surface area contributed by atoms with Crippen molar-refractivity contribution in [3.05, 3.63) is 59.2 Å². The van der Waals surface area contributed by atoms with Crippen molar-refractivity contribution in [1.82, 2.24) is 10.6 Å². The highest BCUT2D eigenvalue weighted by Gasteiger charge is 2.10. The molecule has 0 spiro atoms. The van der Waals surface area contributed by atoms with Gasteiger partial charge < -0.3 is 20.1 Å². The topological polar surface area (TPSA) is 59.6 Å². The van der Waals surface area contributed by atoms with E-state index in [0.717, 1.165) is 17.1 Å². The van der Waals surface area contributed by atoms with Crippen molar-refractivity contribution in [2.75, 3.05) is 26.5 Å². The van der Waals surface area contributed by atoms with Gasteiger partial charge in [-0.15, -0.1) is 0 Å². The number of urea groups is 1. The van der Waals surface area contributed by atoms with Gasteiger partial charge in [-0.25, -0.2) is 4.79 Å². The lowest BCUT2D eigenvalue weighted by molar-refractivity contribution is 0.241. The predicted octanol–water partition coefficient (Wildman–Crippen LogP) is 3.74. The molecule has 0 saturated carbocycles. The van der Waals surface area contributed by atoms with Gasteiger partial charge in [0.05, 0.1) is 14.2 Å². The van der Waals surface area contributed by atoms with Gasteiger partial charge in [-0.1, -0.05) is 42.0 Å². The van der Waals surface area contributed by atoms with Crippen molar-refractivity contribution in [3.63, 3.8) is 0 Å². The van der Waals surface area contributed by atoms with Gasteiger partial charge in [-0.05, 0) is 18.6 Å². The highest BCUT2D eigenvalue weighted by atomic mass is 32.2. The van der Waals surface area contributed by atoms with Crippen LogP contribution in [0.2, 0.25) is 0 Å². The number of carbonyl (C=O) groups excluding carboxylic acids is 1. The summed E-state index contributed by atoms with van der Waals surface area (Å²) < 4.78 is 10.6. The minimum absolute atomic E-state index is 0.189. The molecule has 0 fully saturated rings. The number of ether oxygens (including phenoxy) is 2. The SMILES string of the molecule is COc1cccc(CNC(=O)NCCSCc2ccc(C)cc2)c1OC. The van der Waals surface area contributed by atoms with Gasteiger partial charge in [0, 0.05) is 30.2 Å². The first-order valence-corrected chi connectivity index (χ1v) is 9.64. The maximum atomic E-state index is 11.9. The summed E-state index contributed by atoms with van der Waals surface area (Å²) in [7, 11) is 3.18. The van der Waals surface area contributed by atoms with Crippen LogP contribution in [-0.4, -0.2) is 32.5 Å². The highest BCUT2D eigenvalue weighted by Crippen LogP contribution is 2.30. The van der Waals surface area contributed by atoms with E-state index in [-0.39, 0.29) is 6.03 Å². The molecule has 0 bridgehead atoms. The van der Waals surface area contributed by atoms with Crippen LogP contribution in [0.5, 0.6) is 11.5 Å². The van der Waals surface area contributed by atoms with Crippen molar-refractivity contribution in [2.45, 2.75) is 19.2 Å². The fourth-order valence-corrected chi connectivity index (χ4v) is 3.26. The first-order valence-electron chi connectivity index (χ1n) is 8.49. The molecule has 2 aromatic carbocycles. The van der Waals surface area contributed by atoms with E-state index < -0.39 is 0 Å². The van der Waals surface area contributed by atoms with E-state index in [9.17, 15) is 4.79 Å². The molecular formula is C20H26N2O3S. The number of amides is 2. The van der Waals surface area contributed by atoms with Gasteiger partial charge >= 0.3 is 6.03 Å². The summed E-state index contributed by atoms with van der Waals surface area (Å²) in [4.78, 5) is 11.9. The van der Waals surface area contributed by atoms with Gasteiger partial charge in [0.1, 0.15) is 0 Å². The lowest BCUT2D eigenvalue weighted by atomic mass is 10.2. The fraction of sp³-hybridized carbons (Fsp3) is 0.350. The molecule has 5 nitrogen and oxygen atoms in total. The maximum Gasteiger partial charge on any atom is 0.315 e. The fourth-order valence-electron chi connectivity index (χ4n) is 2.44. The zero-order valence-electron chi connectivity index (χ0n) is 15.5. The van der Waals surface area contributed by atoms with Crippen LogP contribution >= 0.6 is 11.8 Å². The Kier molecular flexibility index (Phi) is 8.15. The molecule has 140 valence electrons. The summed E-state index contributed by atoms with van der Waals surface area (Å²) in [5.74, 6) is 3.11. The van der Waals surface area contributed by atoms with Crippen molar-refractivity contribution < 1.29 is 14.3 Å². The van der Waals surface area contributed by atoms with Crippen LogP contribution in [0.3, 0.4) is 0 Å². The van der Waals surface area contributed by atoms with Crippen LogP contribution < -0.4 is 20.1 Å². The maximum absolute atomic E-state index is 11.9. The number of hydrogen-bond acceptors (Lipinski definition) is 4. The Morgan fingerprint density at radius 3 is 2.50 bits per heavy atom. The molecular weight excluding hydrogens is 348 g/mol. The number of hydrogen-bond donors (Lipinski definition) is 2. The Labute approximate surface area is 159 Å². The molecule has 0 heterocycles. The van der Waals surface area contributed by atoms with Crippen LogP contribution in [0.25, 0.3) is 0 Å². The number of carbonyl (C=O) groups is 1. The standard InChI is InChI=1S/C20H26N2O3S/c1-15-7-9-16(10-8-15)14-26-12-11-21-20(23)22-13-17-5-4-6-18(24-2)19(17)25-3/h4-10H,11-14H2,1-3H3,(H2,21,22,23). The van der Waals surface area contributed by atoms with Crippen LogP contribution in [0, 0.1) is 6.92 Å². The summed E-state index contributed by atoms with van der Waals surface area (Å²) in [6.07, 6.45) is 0. The second-order valence-corrected chi connectivity index (χ2v) is 6.91. The third-order valence-corrected chi connectivity index (χ3v) is 4.88. The Balaban J connectivity index is 1.67. The number of para-hydroxylation sites is 1. The van der Waals surface area contributed by atoms with Crippen molar-refractivity contribution >= 4 is 17.8 Å². The number of rotatable bonds is 9. The van der Waals surface area contributed by atoms with Crippen LogP contribution in [0.15, 0.2) is 42.5 Å². The second kappa shape index (κ2) is 10.6. The molecule has 2 amide bonds. The minimum Gasteiger partial charge on any atom is -0.493 e. The predicted molar refractivity (Wildman–Crippen MR) is 107 cm³/mol. The monoisotopic (exact) mass is 374 g/mol. The number of nitrogens with one attached hydrogen (secondary N) is 2. The summed E-state index contributed by atoms with van der Waals surface area (Å²) in [5.41, 5.74) is 3.44. The van der Waals surface area contributed by atoms with Crippen molar-refractivity contribution in [2.24, 2.45) is 0 Å². The van der Waals surface area contributed by atoms with Gasteiger partial charge in [0.25, 0.3) is 0 Å². The summed E-state index contributed by atoms with van der Waals surface area (Å²) in [6, 6.07) is 13.9. The highest BCUT2D eigenvalue weighted by molar-refractivity contribution is 7.98. The quantitative estimate of drug-likeness (QED) is 0.657. The van der Waals surface area contributed by atoms with Crippen molar-refractivity contribution in [1.29, 1.82) is 0 Å². The van der Waals surface area contributed by atoms with E-state index in [1.165, 1.54) is 11.1 Å². The molecule has 0 aliphatic rings. The van der Waals surface area contributed by atoms with E-state index >= 15 is 0 Å². The molecule has 2 rings (SSSR count). The van der Waals surface area contributed by atoms with E-state index in [1.54, 1.807) is 26.0 Å². The summed E-state index contributed by atoms with van der Waals surface area (Å²) in [6.45, 7) is 3.08. The second-order valence-electron chi connectivity index (χ2n) is 5.80. The molecule has 0 radical (unpaired) electrons. The molecule has 0 atom stereocenters. The number of benzene rings is 2. The van der Waals surface area contributed by atoms with Gasteiger partial charge in [0.2, 0.25) is 0 Å². The Morgan fingerprint density at radius 1 is 1.04 bits per heavy atom. The van der Waals surface area contributed by atoms with E-state index in [2.05, 4.69) is 41.8 Å². The summed E-state index contributed by atoms with van der Waals surface area (Å²) in [5, 5.41) is 5.72.